The zero-order chi connectivity index (χ0) is 8.72. The van der Waals surface area contributed by atoms with Crippen LogP contribution in [0.15, 0.2) is 6.20 Å². The van der Waals surface area contributed by atoms with E-state index in [1.54, 1.807) is 10.7 Å². The SMILES string of the molecule is Cc1cnc2c(Cl)nc(Cl)nn12. The quantitative estimate of drug-likeness (QED) is 0.654. The average Bonchev–Trinajstić information content (AvgIpc) is 2.33. The Balaban J connectivity index is 2.92. The number of halogens is 2. The van der Waals surface area contributed by atoms with Gasteiger partial charge < -0.3 is 0 Å². The predicted octanol–water partition coefficient (Wildman–Crippen LogP) is 1.74. The molecule has 0 aliphatic rings. The molecule has 0 aromatic carbocycles. The van der Waals surface area contributed by atoms with Crippen LogP contribution in [0.5, 0.6) is 0 Å². The lowest BCUT2D eigenvalue weighted by Crippen LogP contribution is -1.97. The molecule has 0 fully saturated rings. The number of hydrogen-bond acceptors (Lipinski definition) is 3. The molecule has 0 saturated carbocycles. The van der Waals surface area contributed by atoms with Gasteiger partial charge in [0.05, 0.1) is 11.9 Å². The normalized spacial score (nSPS) is 10.9. The topological polar surface area (TPSA) is 43.1 Å². The molecule has 0 bridgehead atoms. The smallest absolute Gasteiger partial charge is 0.233 e. The van der Waals surface area contributed by atoms with Crippen molar-refractivity contribution in [2.45, 2.75) is 6.92 Å². The van der Waals surface area contributed by atoms with Crippen molar-refractivity contribution < 1.29 is 0 Å². The summed E-state index contributed by atoms with van der Waals surface area (Å²) in [5.41, 5.74) is 1.40. The molecule has 0 aliphatic carbocycles. The third-order valence-corrected chi connectivity index (χ3v) is 1.88. The summed E-state index contributed by atoms with van der Waals surface area (Å²) in [7, 11) is 0. The van der Waals surface area contributed by atoms with E-state index in [0.29, 0.717) is 5.65 Å². The highest BCUT2D eigenvalue weighted by molar-refractivity contribution is 6.33. The van der Waals surface area contributed by atoms with E-state index in [9.17, 15) is 0 Å². The largest absolute Gasteiger partial charge is 0.242 e. The van der Waals surface area contributed by atoms with Crippen LogP contribution < -0.4 is 0 Å². The number of hydrogen-bond donors (Lipinski definition) is 0. The molecule has 62 valence electrons. The Morgan fingerprint density at radius 3 is 2.92 bits per heavy atom. The van der Waals surface area contributed by atoms with E-state index in [4.69, 9.17) is 23.2 Å². The number of nitrogens with zero attached hydrogens (tertiary/aromatic N) is 4. The maximum atomic E-state index is 5.76. The van der Waals surface area contributed by atoms with Gasteiger partial charge in [0, 0.05) is 0 Å². The molecule has 0 radical (unpaired) electrons. The van der Waals surface area contributed by atoms with Crippen molar-refractivity contribution in [3.63, 3.8) is 0 Å². The molecule has 0 atom stereocenters. The molecule has 0 unspecified atom stereocenters. The predicted molar refractivity (Wildman–Crippen MR) is 45.5 cm³/mol. The first-order valence-electron chi connectivity index (χ1n) is 3.22. The number of aryl methyl sites for hydroxylation is 1. The van der Waals surface area contributed by atoms with Gasteiger partial charge in [-0.15, -0.1) is 5.10 Å². The van der Waals surface area contributed by atoms with Crippen LogP contribution in [0.2, 0.25) is 10.4 Å². The lowest BCUT2D eigenvalue weighted by molar-refractivity contribution is 0.869. The minimum absolute atomic E-state index is 0.119. The van der Waals surface area contributed by atoms with Gasteiger partial charge in [-0.05, 0) is 18.5 Å². The summed E-state index contributed by atoms with van der Waals surface area (Å²) < 4.78 is 1.55. The van der Waals surface area contributed by atoms with Crippen molar-refractivity contribution in [1.29, 1.82) is 0 Å². The molecule has 2 heterocycles. The number of rotatable bonds is 0. The number of fused-ring (bicyclic) bond motifs is 1. The van der Waals surface area contributed by atoms with Crippen LogP contribution in [0, 0.1) is 6.92 Å². The van der Waals surface area contributed by atoms with Gasteiger partial charge in [-0.2, -0.15) is 0 Å². The maximum absolute atomic E-state index is 5.76. The lowest BCUT2D eigenvalue weighted by Gasteiger charge is -1.96. The number of aromatic nitrogens is 4. The zero-order valence-corrected chi connectivity index (χ0v) is 7.63. The molecule has 0 amide bonds. The monoisotopic (exact) mass is 202 g/mol. The Hall–Kier alpha value is -0.870. The Labute approximate surface area is 78.1 Å². The molecule has 2 rings (SSSR count). The summed E-state index contributed by atoms with van der Waals surface area (Å²) >= 11 is 11.4. The lowest BCUT2D eigenvalue weighted by atomic mass is 10.6. The maximum Gasteiger partial charge on any atom is 0.242 e. The van der Waals surface area contributed by atoms with Gasteiger partial charge in [-0.3, -0.25) is 0 Å². The van der Waals surface area contributed by atoms with Gasteiger partial charge in [-0.1, -0.05) is 11.6 Å². The second-order valence-corrected chi connectivity index (χ2v) is 3.00. The highest BCUT2D eigenvalue weighted by atomic mass is 35.5. The third kappa shape index (κ3) is 1.04. The number of imidazole rings is 1. The Morgan fingerprint density at radius 2 is 2.17 bits per heavy atom. The van der Waals surface area contributed by atoms with Gasteiger partial charge in [0.2, 0.25) is 5.28 Å². The van der Waals surface area contributed by atoms with Gasteiger partial charge in [0.25, 0.3) is 0 Å². The summed E-state index contributed by atoms with van der Waals surface area (Å²) in [6.07, 6.45) is 1.66. The van der Waals surface area contributed by atoms with Crippen molar-refractivity contribution in [3.05, 3.63) is 22.3 Å². The molecule has 0 saturated heterocycles. The Morgan fingerprint density at radius 1 is 1.42 bits per heavy atom. The van der Waals surface area contributed by atoms with Crippen molar-refractivity contribution in [1.82, 2.24) is 19.6 Å². The standard InChI is InChI=1S/C6H4Cl2N4/c1-3-2-9-5-4(7)10-6(8)11-12(3)5/h2H,1H3. The zero-order valence-electron chi connectivity index (χ0n) is 6.12. The van der Waals surface area contributed by atoms with Crippen LogP contribution in [0.25, 0.3) is 5.65 Å². The average molecular weight is 203 g/mol. The van der Waals surface area contributed by atoms with Crippen LogP contribution in [0.3, 0.4) is 0 Å². The summed E-state index contributed by atoms with van der Waals surface area (Å²) in [6, 6.07) is 0. The fourth-order valence-corrected chi connectivity index (χ4v) is 1.35. The minimum Gasteiger partial charge on any atom is -0.233 e. The van der Waals surface area contributed by atoms with E-state index in [-0.39, 0.29) is 10.4 Å². The van der Waals surface area contributed by atoms with Gasteiger partial charge in [0.15, 0.2) is 10.8 Å². The van der Waals surface area contributed by atoms with Crippen LogP contribution >= 0.6 is 23.2 Å². The summed E-state index contributed by atoms with van der Waals surface area (Å²) in [6.45, 7) is 1.86. The Kier molecular flexibility index (Phi) is 1.66. The van der Waals surface area contributed by atoms with E-state index < -0.39 is 0 Å². The van der Waals surface area contributed by atoms with E-state index in [0.717, 1.165) is 5.69 Å². The van der Waals surface area contributed by atoms with Crippen molar-refractivity contribution in [2.75, 3.05) is 0 Å². The first-order chi connectivity index (χ1) is 5.68. The van der Waals surface area contributed by atoms with Crippen LogP contribution in [-0.4, -0.2) is 19.6 Å². The van der Waals surface area contributed by atoms with Crippen LogP contribution in [-0.2, 0) is 0 Å². The highest BCUT2D eigenvalue weighted by Crippen LogP contribution is 2.15. The molecule has 0 spiro atoms. The fourth-order valence-electron chi connectivity index (χ4n) is 0.934. The molecule has 0 N–H and O–H groups in total. The van der Waals surface area contributed by atoms with Gasteiger partial charge in [0.1, 0.15) is 0 Å². The second-order valence-electron chi connectivity index (χ2n) is 2.31. The first-order valence-corrected chi connectivity index (χ1v) is 3.97. The summed E-state index contributed by atoms with van der Waals surface area (Å²) in [5, 5.41) is 4.31. The highest BCUT2D eigenvalue weighted by Gasteiger charge is 2.06. The summed E-state index contributed by atoms with van der Waals surface area (Å²) in [4.78, 5) is 7.76. The van der Waals surface area contributed by atoms with E-state index in [1.165, 1.54) is 0 Å². The van der Waals surface area contributed by atoms with Crippen molar-refractivity contribution in [3.8, 4) is 0 Å². The Bertz CT molecular complexity index is 436. The molecule has 2 aromatic rings. The van der Waals surface area contributed by atoms with E-state index in [1.807, 2.05) is 6.92 Å². The van der Waals surface area contributed by atoms with E-state index in [2.05, 4.69) is 15.1 Å². The van der Waals surface area contributed by atoms with Gasteiger partial charge >= 0.3 is 0 Å². The van der Waals surface area contributed by atoms with Crippen LogP contribution in [0.4, 0.5) is 0 Å². The van der Waals surface area contributed by atoms with Crippen molar-refractivity contribution >= 4 is 28.8 Å². The third-order valence-electron chi connectivity index (χ3n) is 1.47. The molecule has 4 nitrogen and oxygen atoms in total. The summed E-state index contributed by atoms with van der Waals surface area (Å²) in [5.74, 6) is 0. The molecule has 2 aromatic heterocycles. The minimum atomic E-state index is 0.119. The molecular formula is C6H4Cl2N4. The first kappa shape index (κ1) is 7.76. The van der Waals surface area contributed by atoms with Gasteiger partial charge in [-0.25, -0.2) is 14.5 Å². The fraction of sp³-hybridized carbons (Fsp3) is 0.167. The second kappa shape index (κ2) is 2.57. The van der Waals surface area contributed by atoms with E-state index >= 15 is 0 Å². The molecule has 0 aliphatic heterocycles. The molecule has 12 heavy (non-hydrogen) atoms. The molecular weight excluding hydrogens is 199 g/mol. The van der Waals surface area contributed by atoms with Crippen LogP contribution in [0.1, 0.15) is 5.69 Å². The molecule has 6 heteroatoms. The van der Waals surface area contributed by atoms with Crippen molar-refractivity contribution in [2.24, 2.45) is 0 Å².